The molecule has 1 unspecified atom stereocenters. The summed E-state index contributed by atoms with van der Waals surface area (Å²) in [5.74, 6) is -0.311. The van der Waals surface area contributed by atoms with E-state index in [1.807, 2.05) is 133 Å². The van der Waals surface area contributed by atoms with Gasteiger partial charge >= 0.3 is 7.60 Å². The van der Waals surface area contributed by atoms with E-state index in [-0.39, 0.29) is 38.6 Å². The van der Waals surface area contributed by atoms with Gasteiger partial charge in [-0.2, -0.15) is 0 Å². The number of carbonyl (C=O) groups is 1. The molecule has 5 aromatic carbocycles. The van der Waals surface area contributed by atoms with E-state index in [0.29, 0.717) is 0 Å². The van der Waals surface area contributed by atoms with Gasteiger partial charge in [0, 0.05) is 6.42 Å². The van der Waals surface area contributed by atoms with E-state index >= 15 is 0 Å². The number of nitrogens with one attached hydrogen (secondary N) is 1. The first-order chi connectivity index (χ1) is 20.6. The van der Waals surface area contributed by atoms with Crippen molar-refractivity contribution in [3.05, 3.63) is 156 Å². The third-order valence-corrected chi connectivity index (χ3v) is 9.26. The van der Waals surface area contributed by atoms with Crippen LogP contribution in [0.1, 0.15) is 40.8 Å². The van der Waals surface area contributed by atoms with E-state index in [1.54, 1.807) is 0 Å². The average molecular weight is 580 g/mol. The van der Waals surface area contributed by atoms with E-state index in [2.05, 4.69) is 5.48 Å². The molecule has 1 N–H and O–H groups in total. The molecule has 0 radical (unpaired) electrons. The predicted molar refractivity (Wildman–Crippen MR) is 165 cm³/mol. The smallest absolute Gasteiger partial charge is 0.303 e. The quantitative estimate of drug-likeness (QED) is 0.105. The molecule has 0 aromatic heterocycles. The highest BCUT2D eigenvalue weighted by molar-refractivity contribution is 7.54. The average Bonchev–Trinajstić information content (AvgIpc) is 3.04. The van der Waals surface area contributed by atoms with Crippen molar-refractivity contribution in [3.8, 4) is 0 Å². The molecule has 42 heavy (non-hydrogen) atoms. The Labute approximate surface area is 246 Å². The van der Waals surface area contributed by atoms with Crippen molar-refractivity contribution in [2.45, 2.75) is 38.3 Å². The zero-order valence-corrected chi connectivity index (χ0v) is 24.2. The van der Waals surface area contributed by atoms with Crippen LogP contribution in [0.3, 0.4) is 0 Å². The summed E-state index contributed by atoms with van der Waals surface area (Å²) in [5, 5.41) is 1.95. The lowest BCUT2D eigenvalue weighted by atomic mass is 9.99. The molecule has 0 heterocycles. The van der Waals surface area contributed by atoms with Gasteiger partial charge < -0.3 is 9.05 Å². The molecular formula is C35H34NO5P. The maximum absolute atomic E-state index is 14.9. The van der Waals surface area contributed by atoms with Crippen LogP contribution in [-0.4, -0.2) is 5.91 Å². The first-order valence-corrected chi connectivity index (χ1v) is 15.6. The van der Waals surface area contributed by atoms with Crippen molar-refractivity contribution in [1.29, 1.82) is 0 Å². The van der Waals surface area contributed by atoms with Crippen LogP contribution in [0.2, 0.25) is 0 Å². The summed E-state index contributed by atoms with van der Waals surface area (Å²) in [6.45, 7) is 0.472. The van der Waals surface area contributed by atoms with Crippen molar-refractivity contribution >= 4 is 24.3 Å². The molecule has 0 saturated carbocycles. The normalized spacial score (nSPS) is 12.2. The molecule has 7 heteroatoms. The number of carbonyl (C=O) groups excluding carboxylic acids is 1. The molecule has 0 fully saturated rings. The van der Waals surface area contributed by atoms with E-state index in [0.717, 1.165) is 33.0 Å². The third-order valence-electron chi connectivity index (χ3n) is 6.98. The predicted octanol–water partition coefficient (Wildman–Crippen LogP) is 8.54. The Morgan fingerprint density at radius 2 is 1.12 bits per heavy atom. The zero-order valence-electron chi connectivity index (χ0n) is 23.3. The highest BCUT2D eigenvalue weighted by atomic mass is 31.2. The van der Waals surface area contributed by atoms with Crippen LogP contribution in [-0.2, 0) is 43.1 Å². The summed E-state index contributed by atoms with van der Waals surface area (Å²) >= 11 is 0. The first-order valence-electron chi connectivity index (χ1n) is 14.0. The van der Waals surface area contributed by atoms with Crippen molar-refractivity contribution < 1.29 is 23.2 Å². The van der Waals surface area contributed by atoms with E-state index in [4.69, 9.17) is 13.9 Å². The second kappa shape index (κ2) is 14.7. The van der Waals surface area contributed by atoms with Crippen LogP contribution in [0, 0.1) is 0 Å². The zero-order chi connectivity index (χ0) is 29.0. The Morgan fingerprint density at radius 1 is 0.619 bits per heavy atom. The minimum atomic E-state index is -3.84. The van der Waals surface area contributed by atoms with Gasteiger partial charge in [0.05, 0.1) is 25.5 Å². The van der Waals surface area contributed by atoms with Gasteiger partial charge in [0.2, 0.25) is 5.91 Å². The Kier molecular flexibility index (Phi) is 10.3. The fourth-order valence-electron chi connectivity index (χ4n) is 4.81. The molecule has 0 spiro atoms. The molecule has 1 amide bonds. The van der Waals surface area contributed by atoms with Crippen LogP contribution in [0.15, 0.2) is 133 Å². The maximum Gasteiger partial charge on any atom is 0.338 e. The topological polar surface area (TPSA) is 73.9 Å². The summed E-state index contributed by atoms with van der Waals surface area (Å²) in [5.41, 5.74) is 5.35. The van der Waals surface area contributed by atoms with Crippen molar-refractivity contribution in [3.63, 3.8) is 0 Å². The van der Waals surface area contributed by atoms with Gasteiger partial charge in [-0.3, -0.25) is 14.2 Å². The molecule has 5 rings (SSSR count). The number of rotatable bonds is 14. The molecule has 0 aliphatic heterocycles. The lowest BCUT2D eigenvalue weighted by Crippen LogP contribution is -2.24. The molecule has 214 valence electrons. The molecule has 6 nitrogen and oxygen atoms in total. The molecule has 0 bridgehead atoms. The molecular weight excluding hydrogens is 545 g/mol. The van der Waals surface area contributed by atoms with Crippen LogP contribution < -0.4 is 5.48 Å². The van der Waals surface area contributed by atoms with Crippen molar-refractivity contribution in [1.82, 2.24) is 5.48 Å². The van der Waals surface area contributed by atoms with Crippen LogP contribution >= 0.6 is 7.60 Å². The fourth-order valence-corrected chi connectivity index (χ4v) is 6.92. The standard InChI is InChI=1S/C35H34NO5P/c37-35(36-39-25-28-13-4-1-5-14-28)24-23-34(33-22-12-20-31-19-10-11-21-32(31)33)42(38,40-26-29-15-6-2-7-16-29)41-27-30-17-8-3-9-18-30/h1-22,34H,23-27H2,(H,36,37). The summed E-state index contributed by atoms with van der Waals surface area (Å²) in [6, 6.07) is 42.6. The lowest BCUT2D eigenvalue weighted by Gasteiger charge is -2.28. The van der Waals surface area contributed by atoms with E-state index in [1.165, 1.54) is 0 Å². The van der Waals surface area contributed by atoms with Gasteiger partial charge in [0.25, 0.3) is 0 Å². The Bertz CT molecular complexity index is 1560. The molecule has 0 aliphatic rings. The summed E-state index contributed by atoms with van der Waals surface area (Å²) in [4.78, 5) is 18.4. The fraction of sp³-hybridized carbons (Fsp3) is 0.171. The van der Waals surface area contributed by atoms with E-state index < -0.39 is 13.3 Å². The van der Waals surface area contributed by atoms with Crippen molar-refractivity contribution in [2.75, 3.05) is 0 Å². The molecule has 5 aromatic rings. The van der Waals surface area contributed by atoms with Gasteiger partial charge in [0.15, 0.2) is 0 Å². The highest BCUT2D eigenvalue weighted by Gasteiger charge is 2.38. The lowest BCUT2D eigenvalue weighted by molar-refractivity contribution is -0.134. The largest absolute Gasteiger partial charge is 0.338 e. The number of hydrogen-bond donors (Lipinski definition) is 1. The van der Waals surface area contributed by atoms with Crippen LogP contribution in [0.5, 0.6) is 0 Å². The van der Waals surface area contributed by atoms with Crippen LogP contribution in [0.25, 0.3) is 10.8 Å². The summed E-state index contributed by atoms with van der Waals surface area (Å²) < 4.78 is 27.4. The highest BCUT2D eigenvalue weighted by Crippen LogP contribution is 2.64. The summed E-state index contributed by atoms with van der Waals surface area (Å²) in [6.07, 6.45) is 0.297. The number of hydroxylamine groups is 1. The summed E-state index contributed by atoms with van der Waals surface area (Å²) in [7, 11) is -3.84. The minimum absolute atomic E-state index is 0.0655. The number of hydrogen-bond acceptors (Lipinski definition) is 5. The molecule has 0 saturated heterocycles. The Morgan fingerprint density at radius 3 is 1.71 bits per heavy atom. The SMILES string of the molecule is O=C(CCC(c1cccc2ccccc12)P(=O)(OCc1ccccc1)OCc1ccccc1)NOCc1ccccc1. The first kappa shape index (κ1) is 29.4. The minimum Gasteiger partial charge on any atom is -0.303 e. The van der Waals surface area contributed by atoms with Gasteiger partial charge in [-0.15, -0.1) is 0 Å². The van der Waals surface area contributed by atoms with Gasteiger partial charge in [-0.1, -0.05) is 133 Å². The second-order valence-corrected chi connectivity index (χ2v) is 12.2. The monoisotopic (exact) mass is 579 g/mol. The van der Waals surface area contributed by atoms with Gasteiger partial charge in [-0.25, -0.2) is 5.48 Å². The van der Waals surface area contributed by atoms with Gasteiger partial charge in [-0.05, 0) is 39.4 Å². The number of amides is 1. The Balaban J connectivity index is 1.41. The third kappa shape index (κ3) is 8.03. The number of benzene rings is 5. The van der Waals surface area contributed by atoms with Crippen molar-refractivity contribution in [2.24, 2.45) is 0 Å². The number of fused-ring (bicyclic) bond motifs is 1. The van der Waals surface area contributed by atoms with Crippen LogP contribution in [0.4, 0.5) is 0 Å². The molecule has 0 aliphatic carbocycles. The molecule has 1 atom stereocenters. The maximum atomic E-state index is 14.9. The Hall–Kier alpha value is -4.06. The second-order valence-electron chi connectivity index (χ2n) is 9.98. The van der Waals surface area contributed by atoms with E-state index in [9.17, 15) is 9.36 Å². The van der Waals surface area contributed by atoms with Gasteiger partial charge in [0.1, 0.15) is 0 Å².